The first-order valence-corrected chi connectivity index (χ1v) is 7.16. The van der Waals surface area contributed by atoms with Crippen molar-refractivity contribution in [3.63, 3.8) is 0 Å². The molecule has 0 unspecified atom stereocenters. The average Bonchev–Trinajstić information content (AvgIpc) is 2.36. The summed E-state index contributed by atoms with van der Waals surface area (Å²) < 4.78 is 62.3. The maximum atomic E-state index is 12.0. The Labute approximate surface area is 120 Å². The first-order chi connectivity index (χ1) is 9.63. The van der Waals surface area contributed by atoms with Crippen LogP contribution in [0, 0.1) is 18.8 Å². The lowest BCUT2D eigenvalue weighted by atomic mass is 10.1. The van der Waals surface area contributed by atoms with Gasteiger partial charge in [-0.2, -0.15) is 26.3 Å². The highest BCUT2D eigenvalue weighted by Crippen LogP contribution is 2.18. The molecule has 0 amide bonds. The number of halogens is 3. The minimum atomic E-state index is -4.63. The molecule has 0 spiro atoms. The summed E-state index contributed by atoms with van der Waals surface area (Å²) in [4.78, 5) is 0. The molecule has 1 aromatic carbocycles. The molecule has 0 aliphatic carbocycles. The fourth-order valence-electron chi connectivity index (χ4n) is 1.36. The summed E-state index contributed by atoms with van der Waals surface area (Å²) in [5.41, 5.74) is 1.17. The molecule has 0 atom stereocenters. The van der Waals surface area contributed by atoms with Crippen LogP contribution in [-0.4, -0.2) is 32.9 Å². The van der Waals surface area contributed by atoms with Gasteiger partial charge in [-0.1, -0.05) is 11.8 Å². The summed E-state index contributed by atoms with van der Waals surface area (Å²) in [5, 5.41) is 8.56. The zero-order chi connectivity index (χ0) is 16.1. The van der Waals surface area contributed by atoms with E-state index in [9.17, 15) is 21.6 Å². The van der Waals surface area contributed by atoms with Crippen molar-refractivity contribution in [3.05, 3.63) is 29.3 Å². The minimum absolute atomic E-state index is 0.138. The zero-order valence-corrected chi connectivity index (χ0v) is 11.8. The second-order valence-electron chi connectivity index (χ2n) is 4.03. The lowest BCUT2D eigenvalue weighted by Gasteiger charge is -2.12. The Morgan fingerprint density at radius 3 is 2.52 bits per heavy atom. The van der Waals surface area contributed by atoms with Gasteiger partial charge < -0.3 is 5.11 Å². The number of benzene rings is 1. The summed E-state index contributed by atoms with van der Waals surface area (Å²) in [5.74, 6) is 5.05. The fraction of sp³-hybridized carbons (Fsp3) is 0.333. The molecule has 0 aliphatic heterocycles. The second-order valence-corrected chi connectivity index (χ2v) is 5.53. The van der Waals surface area contributed by atoms with Gasteiger partial charge in [-0.15, -0.1) is 0 Å². The van der Waals surface area contributed by atoms with Crippen molar-refractivity contribution in [1.82, 2.24) is 4.72 Å². The van der Waals surface area contributed by atoms with Crippen LogP contribution in [-0.2, 0) is 10.2 Å². The largest absolute Gasteiger partial charge is 0.402 e. The van der Waals surface area contributed by atoms with Crippen LogP contribution < -0.4 is 9.44 Å². The monoisotopic (exact) mass is 322 g/mol. The Morgan fingerprint density at radius 2 is 2.00 bits per heavy atom. The molecule has 116 valence electrons. The molecule has 0 radical (unpaired) electrons. The van der Waals surface area contributed by atoms with Crippen LogP contribution in [0.4, 0.5) is 18.9 Å². The lowest BCUT2D eigenvalue weighted by molar-refractivity contribution is -0.121. The number of aliphatic hydroxyl groups excluding tert-OH is 1. The molecule has 0 aromatic heterocycles. The van der Waals surface area contributed by atoms with E-state index in [0.29, 0.717) is 11.1 Å². The molecule has 9 heteroatoms. The molecular weight excluding hydrogens is 309 g/mol. The third-order valence-electron chi connectivity index (χ3n) is 2.25. The Kier molecular flexibility index (Phi) is 5.60. The molecule has 0 saturated carbocycles. The Morgan fingerprint density at radius 1 is 1.33 bits per heavy atom. The predicted octanol–water partition coefficient (Wildman–Crippen LogP) is 1.15. The van der Waals surface area contributed by atoms with Gasteiger partial charge in [0.2, 0.25) is 0 Å². The number of aliphatic hydroxyl groups is 1. The number of anilines is 1. The van der Waals surface area contributed by atoms with Gasteiger partial charge in [0.05, 0.1) is 5.69 Å². The SMILES string of the molecule is Cc1cc(C#CCO)ccc1NS(=O)(=O)NCC(F)(F)F. The smallest absolute Gasteiger partial charge is 0.384 e. The number of aryl methyl sites for hydroxylation is 1. The van der Waals surface area contributed by atoms with Crippen LogP contribution in [0.3, 0.4) is 0 Å². The normalized spacial score (nSPS) is 11.7. The zero-order valence-electron chi connectivity index (χ0n) is 11.0. The molecule has 0 fully saturated rings. The molecule has 0 heterocycles. The number of rotatable bonds is 4. The molecule has 1 rings (SSSR count). The molecule has 0 saturated heterocycles. The van der Waals surface area contributed by atoms with Crippen LogP contribution in [0.1, 0.15) is 11.1 Å². The van der Waals surface area contributed by atoms with Crippen LogP contribution in [0.2, 0.25) is 0 Å². The van der Waals surface area contributed by atoms with Crippen LogP contribution in [0.25, 0.3) is 0 Å². The summed E-state index contributed by atoms with van der Waals surface area (Å²) in [7, 11) is -4.32. The average molecular weight is 322 g/mol. The third-order valence-corrected chi connectivity index (χ3v) is 3.26. The van der Waals surface area contributed by atoms with Gasteiger partial charge in [0.25, 0.3) is 10.2 Å². The van der Waals surface area contributed by atoms with Gasteiger partial charge in [-0.3, -0.25) is 4.72 Å². The summed E-state index contributed by atoms with van der Waals surface area (Å²) in [6.07, 6.45) is -4.63. The highest BCUT2D eigenvalue weighted by atomic mass is 32.2. The number of hydrogen-bond acceptors (Lipinski definition) is 3. The Balaban J connectivity index is 2.83. The van der Waals surface area contributed by atoms with E-state index in [1.807, 2.05) is 4.72 Å². The first kappa shape index (κ1) is 17.3. The fourth-order valence-corrected chi connectivity index (χ4v) is 2.30. The van der Waals surface area contributed by atoms with Crippen LogP contribution >= 0.6 is 0 Å². The molecule has 0 aliphatic rings. The second kappa shape index (κ2) is 6.80. The summed E-state index contributed by atoms with van der Waals surface area (Å²) in [6.45, 7) is -0.387. The van der Waals surface area contributed by atoms with Crippen LogP contribution in [0.5, 0.6) is 0 Å². The molecule has 3 N–H and O–H groups in total. The quantitative estimate of drug-likeness (QED) is 0.728. The maximum absolute atomic E-state index is 12.0. The molecular formula is C12H13F3N2O3S. The topological polar surface area (TPSA) is 78.4 Å². The first-order valence-electron chi connectivity index (χ1n) is 5.67. The highest BCUT2D eigenvalue weighted by molar-refractivity contribution is 7.90. The number of nitrogens with one attached hydrogen (secondary N) is 2. The lowest BCUT2D eigenvalue weighted by Crippen LogP contribution is -2.37. The van der Waals surface area contributed by atoms with Crippen molar-refractivity contribution in [2.45, 2.75) is 13.1 Å². The van der Waals surface area contributed by atoms with Crippen molar-refractivity contribution in [2.75, 3.05) is 17.9 Å². The maximum Gasteiger partial charge on any atom is 0.402 e. The van der Waals surface area contributed by atoms with E-state index in [4.69, 9.17) is 5.11 Å². The van der Waals surface area contributed by atoms with E-state index < -0.39 is 22.9 Å². The van der Waals surface area contributed by atoms with Gasteiger partial charge in [0.1, 0.15) is 13.2 Å². The standard InChI is InChI=1S/C12H13F3N2O3S/c1-9-7-10(3-2-6-18)4-5-11(9)17-21(19,20)16-8-12(13,14)15/h4-5,7,16-18H,6,8H2,1H3. The van der Waals surface area contributed by atoms with Crippen molar-refractivity contribution < 1.29 is 26.7 Å². The van der Waals surface area contributed by atoms with Gasteiger partial charge in [-0.25, -0.2) is 0 Å². The third kappa shape index (κ3) is 6.48. The number of hydrogen-bond donors (Lipinski definition) is 3. The van der Waals surface area contributed by atoms with Crippen molar-refractivity contribution in [2.24, 2.45) is 0 Å². The van der Waals surface area contributed by atoms with E-state index in [1.54, 1.807) is 13.0 Å². The Bertz CT molecular complexity index is 661. The molecule has 0 bridgehead atoms. The van der Waals surface area contributed by atoms with E-state index in [0.717, 1.165) is 0 Å². The van der Waals surface area contributed by atoms with Crippen molar-refractivity contribution >= 4 is 15.9 Å². The van der Waals surface area contributed by atoms with E-state index in [2.05, 4.69) is 11.8 Å². The van der Waals surface area contributed by atoms with Crippen molar-refractivity contribution in [3.8, 4) is 11.8 Å². The summed E-state index contributed by atoms with van der Waals surface area (Å²) in [6, 6.07) is 4.41. The van der Waals surface area contributed by atoms with Crippen molar-refractivity contribution in [1.29, 1.82) is 0 Å². The van der Waals surface area contributed by atoms with Crippen LogP contribution in [0.15, 0.2) is 18.2 Å². The molecule has 1 aromatic rings. The molecule has 5 nitrogen and oxygen atoms in total. The van der Waals surface area contributed by atoms with Gasteiger partial charge in [-0.05, 0) is 30.7 Å². The minimum Gasteiger partial charge on any atom is -0.384 e. The van der Waals surface area contributed by atoms with Gasteiger partial charge in [0.15, 0.2) is 0 Å². The van der Waals surface area contributed by atoms with Gasteiger partial charge >= 0.3 is 6.18 Å². The van der Waals surface area contributed by atoms with Gasteiger partial charge in [0, 0.05) is 5.56 Å². The highest BCUT2D eigenvalue weighted by Gasteiger charge is 2.29. The molecule has 21 heavy (non-hydrogen) atoms. The number of alkyl halides is 3. The van der Waals surface area contributed by atoms with E-state index >= 15 is 0 Å². The Hall–Kier alpha value is -1.76. The predicted molar refractivity (Wildman–Crippen MR) is 71.7 cm³/mol. The van der Waals surface area contributed by atoms with E-state index in [1.165, 1.54) is 16.9 Å². The van der Waals surface area contributed by atoms with E-state index in [-0.39, 0.29) is 12.3 Å². The summed E-state index contributed by atoms with van der Waals surface area (Å²) >= 11 is 0.